The number of rotatable bonds is 10. The fourth-order valence-corrected chi connectivity index (χ4v) is 6.98. The summed E-state index contributed by atoms with van der Waals surface area (Å²) in [7, 11) is 1.59. The monoisotopic (exact) mass is 665 g/mol. The Morgan fingerprint density at radius 3 is 2.73 bits per heavy atom. The van der Waals surface area contributed by atoms with E-state index in [1.54, 1.807) is 31.8 Å². The van der Waals surface area contributed by atoms with Crippen molar-refractivity contribution in [2.45, 2.75) is 51.4 Å². The first kappa shape index (κ1) is 32.5. The largest absolute Gasteiger partial charge is 0.488 e. The van der Waals surface area contributed by atoms with Gasteiger partial charge in [-0.2, -0.15) is 0 Å². The molecular formula is C37H40FN7O4. The van der Waals surface area contributed by atoms with Crippen molar-refractivity contribution in [1.82, 2.24) is 24.4 Å². The van der Waals surface area contributed by atoms with Crippen LogP contribution in [0.2, 0.25) is 0 Å². The van der Waals surface area contributed by atoms with E-state index >= 15 is 4.39 Å². The minimum absolute atomic E-state index is 0.000532. The van der Waals surface area contributed by atoms with Crippen molar-refractivity contribution in [2.75, 3.05) is 44.0 Å². The van der Waals surface area contributed by atoms with Crippen LogP contribution < -0.4 is 25.5 Å². The Bertz CT molecular complexity index is 2020. The number of aliphatic hydroxyl groups excluding tert-OH is 1. The van der Waals surface area contributed by atoms with Crippen molar-refractivity contribution in [3.63, 3.8) is 0 Å². The highest BCUT2D eigenvalue weighted by Gasteiger charge is 2.31. The minimum Gasteiger partial charge on any atom is -0.488 e. The Morgan fingerprint density at radius 2 is 1.98 bits per heavy atom. The number of anilines is 2. The first-order valence-corrected chi connectivity index (χ1v) is 16.6. The van der Waals surface area contributed by atoms with Crippen LogP contribution in [0.25, 0.3) is 22.2 Å². The molecule has 0 spiro atoms. The number of piperidine rings is 1. The second-order valence-corrected chi connectivity index (χ2v) is 12.8. The molecule has 1 aromatic carbocycles. The molecule has 0 radical (unpaired) electrons. The summed E-state index contributed by atoms with van der Waals surface area (Å²) in [6.07, 6.45) is 9.46. The number of nitrogens with zero attached hydrogens (tertiary/aromatic N) is 6. The van der Waals surface area contributed by atoms with E-state index in [2.05, 4.69) is 29.3 Å². The summed E-state index contributed by atoms with van der Waals surface area (Å²) in [6.45, 7) is 4.90. The average Bonchev–Trinajstić information content (AvgIpc) is 3.12. The molecule has 3 N–H and O–H groups in total. The molecule has 5 aromatic rings. The predicted octanol–water partition coefficient (Wildman–Crippen LogP) is 4.74. The number of methoxy groups -OCH3 is 1. The minimum atomic E-state index is -0.568. The highest BCUT2D eigenvalue weighted by Crippen LogP contribution is 2.41. The van der Waals surface area contributed by atoms with Crippen LogP contribution in [0.4, 0.5) is 15.9 Å². The number of halogens is 1. The molecule has 6 heterocycles. The fraction of sp³-hybridized carbons (Fsp3) is 0.351. The van der Waals surface area contributed by atoms with Crippen molar-refractivity contribution in [2.24, 2.45) is 0 Å². The molecule has 1 unspecified atom stereocenters. The van der Waals surface area contributed by atoms with E-state index in [0.29, 0.717) is 60.3 Å². The lowest BCUT2D eigenvalue weighted by Crippen LogP contribution is -2.48. The van der Waals surface area contributed by atoms with E-state index in [1.807, 2.05) is 43.5 Å². The first-order valence-electron chi connectivity index (χ1n) is 16.6. The van der Waals surface area contributed by atoms with Crippen LogP contribution in [0.1, 0.15) is 42.5 Å². The summed E-state index contributed by atoms with van der Waals surface area (Å²) >= 11 is 0. The van der Waals surface area contributed by atoms with Crippen molar-refractivity contribution < 1.29 is 19.0 Å². The number of hydrogen-bond acceptors (Lipinski definition) is 10. The molecule has 2 aliphatic rings. The predicted molar refractivity (Wildman–Crippen MR) is 186 cm³/mol. The van der Waals surface area contributed by atoms with Crippen LogP contribution in [0, 0.1) is 5.82 Å². The maximum Gasteiger partial charge on any atom is 0.213 e. The number of hydrogen-bond donors (Lipinski definition) is 2. The SMILES string of the molecule is COc1cc(CN(Cc2cn3c4c(c(-c5ccc(CCO)cn5)c(F)cc4c2=O)OCC3C)[C@H]2CCCN(c3ccc(N)nc3)C2)ccn1. The summed E-state index contributed by atoms with van der Waals surface area (Å²) in [6, 6.07) is 12.6. The maximum absolute atomic E-state index is 16.1. The van der Waals surface area contributed by atoms with E-state index in [4.69, 9.17) is 15.2 Å². The van der Waals surface area contributed by atoms with Crippen molar-refractivity contribution in [3.05, 3.63) is 100.0 Å². The molecule has 7 rings (SSSR count). The first-order chi connectivity index (χ1) is 23.8. The van der Waals surface area contributed by atoms with E-state index in [-0.39, 0.29) is 35.1 Å². The average molecular weight is 666 g/mol. The van der Waals surface area contributed by atoms with E-state index < -0.39 is 5.82 Å². The Labute approximate surface area is 283 Å². The van der Waals surface area contributed by atoms with Gasteiger partial charge in [-0.1, -0.05) is 6.07 Å². The standard InChI is InChI=1S/C37H40FN7O4/c1-23-22-49-37-34(31-7-5-24(10-13-46)16-41-31)30(38)15-29-35(37)45(23)20-26(36(29)47)19-44(18-25-9-11-40-33(14-25)48-2)28-4-3-12-43(21-28)27-6-8-32(39)42-17-27/h5-9,11,14-17,20,23,28,46H,3-4,10,12-13,18-19,21-22H2,1-2H3,(H2,39,42)/t23?,28-/m0/s1. The summed E-state index contributed by atoms with van der Waals surface area (Å²) in [4.78, 5) is 32.0. The Morgan fingerprint density at radius 1 is 1.10 bits per heavy atom. The summed E-state index contributed by atoms with van der Waals surface area (Å²) in [5.41, 5.74) is 10.3. The maximum atomic E-state index is 16.1. The molecular weight excluding hydrogens is 625 g/mol. The van der Waals surface area contributed by atoms with Crippen LogP contribution in [0.15, 0.2) is 72.0 Å². The molecule has 4 aromatic heterocycles. The lowest BCUT2D eigenvalue weighted by atomic mass is 9.99. The fourth-order valence-electron chi connectivity index (χ4n) is 6.98. The van der Waals surface area contributed by atoms with Crippen molar-refractivity contribution >= 4 is 22.4 Å². The van der Waals surface area contributed by atoms with Gasteiger partial charge in [0, 0.05) is 69.0 Å². The van der Waals surface area contributed by atoms with E-state index in [1.165, 1.54) is 6.07 Å². The van der Waals surface area contributed by atoms with Crippen LogP contribution in [0.3, 0.4) is 0 Å². The van der Waals surface area contributed by atoms with Crippen LogP contribution >= 0.6 is 0 Å². The van der Waals surface area contributed by atoms with Gasteiger partial charge >= 0.3 is 0 Å². The van der Waals surface area contributed by atoms with Gasteiger partial charge in [-0.25, -0.2) is 14.4 Å². The third-order valence-electron chi connectivity index (χ3n) is 9.54. The molecule has 12 heteroatoms. The molecule has 0 amide bonds. The molecule has 1 saturated heterocycles. The molecule has 0 aliphatic carbocycles. The third kappa shape index (κ3) is 6.53. The van der Waals surface area contributed by atoms with E-state index in [0.717, 1.165) is 42.7 Å². The quantitative estimate of drug-likeness (QED) is 0.216. The van der Waals surface area contributed by atoms with Crippen LogP contribution in [-0.4, -0.2) is 69.0 Å². The number of nitrogen functional groups attached to an aromatic ring is 1. The summed E-state index contributed by atoms with van der Waals surface area (Å²) < 4.78 is 29.7. The van der Waals surface area contributed by atoms with Gasteiger partial charge in [0.25, 0.3) is 0 Å². The molecule has 0 bridgehead atoms. The van der Waals surface area contributed by atoms with Gasteiger partial charge in [-0.3, -0.25) is 14.7 Å². The smallest absolute Gasteiger partial charge is 0.213 e. The van der Waals surface area contributed by atoms with Gasteiger partial charge in [0.15, 0.2) is 11.2 Å². The lowest BCUT2D eigenvalue weighted by molar-refractivity contribution is 0.157. The Balaban J connectivity index is 1.28. The Kier molecular flexibility index (Phi) is 9.15. The molecule has 49 heavy (non-hydrogen) atoms. The second-order valence-electron chi connectivity index (χ2n) is 12.8. The summed E-state index contributed by atoms with van der Waals surface area (Å²) in [5.74, 6) is 0.752. The molecule has 2 aliphatic heterocycles. The van der Waals surface area contributed by atoms with Crippen molar-refractivity contribution in [1.29, 1.82) is 0 Å². The van der Waals surface area contributed by atoms with Gasteiger partial charge in [-0.15, -0.1) is 0 Å². The molecule has 1 fully saturated rings. The van der Waals surface area contributed by atoms with Gasteiger partial charge in [0.05, 0.1) is 47.2 Å². The molecule has 2 atom stereocenters. The molecule has 11 nitrogen and oxygen atoms in total. The number of aliphatic hydroxyl groups is 1. The number of ether oxygens (including phenoxy) is 2. The second kappa shape index (κ2) is 13.8. The van der Waals surface area contributed by atoms with E-state index in [9.17, 15) is 9.90 Å². The van der Waals surface area contributed by atoms with Gasteiger partial charge in [-0.05, 0) is 67.6 Å². The number of pyridine rings is 4. The normalized spacial score (nSPS) is 17.4. The van der Waals surface area contributed by atoms with Crippen LogP contribution in [0.5, 0.6) is 11.6 Å². The molecule has 0 saturated carbocycles. The zero-order valence-corrected chi connectivity index (χ0v) is 27.7. The molecule has 254 valence electrons. The third-order valence-corrected chi connectivity index (χ3v) is 9.54. The van der Waals surface area contributed by atoms with Crippen LogP contribution in [-0.2, 0) is 19.5 Å². The number of aromatic nitrogens is 4. The summed E-state index contributed by atoms with van der Waals surface area (Å²) in [5, 5.41) is 9.57. The zero-order chi connectivity index (χ0) is 34.1. The highest BCUT2D eigenvalue weighted by atomic mass is 19.1. The zero-order valence-electron chi connectivity index (χ0n) is 27.7. The van der Waals surface area contributed by atoms with Crippen molar-refractivity contribution in [3.8, 4) is 22.9 Å². The highest BCUT2D eigenvalue weighted by molar-refractivity contribution is 5.93. The number of nitrogens with two attached hydrogens (primary N) is 1. The van der Waals surface area contributed by atoms with Gasteiger partial charge in [0.1, 0.15) is 18.2 Å². The van der Waals surface area contributed by atoms with Gasteiger partial charge < -0.3 is 29.8 Å². The lowest BCUT2D eigenvalue weighted by Gasteiger charge is -2.40. The Hall–Kier alpha value is -5.07. The number of benzene rings is 1. The topological polar surface area (TPSA) is 132 Å². The van der Waals surface area contributed by atoms with Gasteiger partial charge in [0.2, 0.25) is 5.88 Å².